The Morgan fingerprint density at radius 3 is 2.70 bits per heavy atom. The van der Waals surface area contributed by atoms with Crippen LogP contribution in [-0.2, 0) is 10.0 Å². The van der Waals surface area contributed by atoms with E-state index in [4.69, 9.17) is 4.74 Å². The van der Waals surface area contributed by atoms with Crippen LogP contribution in [0.3, 0.4) is 0 Å². The number of nitrogens with one attached hydrogen (secondary N) is 1. The second kappa shape index (κ2) is 5.58. The first kappa shape index (κ1) is 15.4. The zero-order valence-corrected chi connectivity index (χ0v) is 13.9. The van der Waals surface area contributed by atoms with Gasteiger partial charge in [-0.25, -0.2) is 13.4 Å². The highest BCUT2D eigenvalue weighted by Crippen LogP contribution is 2.31. The van der Waals surface area contributed by atoms with Crippen LogP contribution in [0.5, 0.6) is 5.75 Å². The van der Waals surface area contributed by atoms with Crippen molar-refractivity contribution in [3.05, 3.63) is 48.3 Å². The molecule has 0 unspecified atom stereocenters. The Labute approximate surface area is 134 Å². The monoisotopic (exact) mass is 331 g/mol. The lowest BCUT2D eigenvalue weighted by atomic mass is 10.1. The minimum atomic E-state index is -3.39. The number of aryl methyl sites for hydroxylation is 1. The van der Waals surface area contributed by atoms with Crippen molar-refractivity contribution in [1.29, 1.82) is 0 Å². The number of sulfonamides is 1. The molecule has 7 heteroatoms. The first-order valence-corrected chi connectivity index (χ1v) is 8.86. The summed E-state index contributed by atoms with van der Waals surface area (Å²) in [6.07, 6.45) is 4.95. The minimum Gasteiger partial charge on any atom is -0.495 e. The second-order valence-corrected chi connectivity index (χ2v) is 7.13. The molecule has 0 atom stereocenters. The predicted molar refractivity (Wildman–Crippen MR) is 90.4 cm³/mol. The van der Waals surface area contributed by atoms with Crippen LogP contribution in [0.2, 0.25) is 0 Å². The van der Waals surface area contributed by atoms with Crippen molar-refractivity contribution in [2.24, 2.45) is 0 Å². The number of anilines is 1. The molecule has 1 N–H and O–H groups in total. The molecule has 120 valence electrons. The number of ether oxygens (including phenoxy) is 1. The van der Waals surface area contributed by atoms with E-state index in [1.807, 2.05) is 41.9 Å². The van der Waals surface area contributed by atoms with Crippen LogP contribution in [0.25, 0.3) is 16.9 Å². The highest BCUT2D eigenvalue weighted by Gasteiger charge is 2.12. The molecule has 0 aliphatic rings. The molecule has 2 heterocycles. The van der Waals surface area contributed by atoms with Crippen LogP contribution in [0.4, 0.5) is 5.69 Å². The van der Waals surface area contributed by atoms with Crippen molar-refractivity contribution < 1.29 is 13.2 Å². The smallest absolute Gasteiger partial charge is 0.229 e. The van der Waals surface area contributed by atoms with Gasteiger partial charge >= 0.3 is 0 Å². The van der Waals surface area contributed by atoms with Crippen molar-refractivity contribution in [1.82, 2.24) is 9.38 Å². The maximum Gasteiger partial charge on any atom is 0.229 e. The van der Waals surface area contributed by atoms with Crippen LogP contribution < -0.4 is 9.46 Å². The Morgan fingerprint density at radius 1 is 1.22 bits per heavy atom. The van der Waals surface area contributed by atoms with Gasteiger partial charge < -0.3 is 9.14 Å². The maximum atomic E-state index is 11.5. The van der Waals surface area contributed by atoms with Crippen molar-refractivity contribution in [2.75, 3.05) is 18.1 Å². The maximum absolute atomic E-state index is 11.5. The van der Waals surface area contributed by atoms with Gasteiger partial charge in [-0.2, -0.15) is 0 Å². The fourth-order valence-corrected chi connectivity index (χ4v) is 2.93. The topological polar surface area (TPSA) is 72.7 Å². The SMILES string of the molecule is COc1ccc(-c2cn3ccc(C)cc3n2)cc1NS(C)(=O)=O. The van der Waals surface area contributed by atoms with Gasteiger partial charge in [0, 0.05) is 18.0 Å². The quantitative estimate of drug-likeness (QED) is 0.798. The van der Waals surface area contributed by atoms with Gasteiger partial charge in [-0.1, -0.05) is 0 Å². The Hall–Kier alpha value is -2.54. The van der Waals surface area contributed by atoms with E-state index in [1.54, 1.807) is 12.1 Å². The minimum absolute atomic E-state index is 0.390. The van der Waals surface area contributed by atoms with Gasteiger partial charge in [0.15, 0.2) is 0 Å². The number of aromatic nitrogens is 2. The van der Waals surface area contributed by atoms with E-state index >= 15 is 0 Å². The number of pyridine rings is 1. The van der Waals surface area contributed by atoms with Crippen molar-refractivity contribution in [3.63, 3.8) is 0 Å². The van der Waals surface area contributed by atoms with Gasteiger partial charge in [0.1, 0.15) is 11.4 Å². The molecule has 0 aliphatic heterocycles. The van der Waals surface area contributed by atoms with Crippen LogP contribution in [0.1, 0.15) is 5.56 Å². The first-order chi connectivity index (χ1) is 10.9. The number of methoxy groups -OCH3 is 1. The summed E-state index contributed by atoms with van der Waals surface area (Å²) in [6, 6.07) is 9.28. The lowest BCUT2D eigenvalue weighted by molar-refractivity contribution is 0.417. The third-order valence-corrected chi connectivity index (χ3v) is 4.00. The Morgan fingerprint density at radius 2 is 2.00 bits per heavy atom. The van der Waals surface area contributed by atoms with Crippen molar-refractivity contribution in [2.45, 2.75) is 6.92 Å². The van der Waals surface area contributed by atoms with Crippen molar-refractivity contribution >= 4 is 21.4 Å². The molecule has 1 aromatic carbocycles. The molecule has 0 spiro atoms. The van der Waals surface area contributed by atoms with Gasteiger partial charge in [0.05, 0.1) is 24.7 Å². The molecule has 0 bridgehead atoms. The summed E-state index contributed by atoms with van der Waals surface area (Å²) in [6.45, 7) is 2.01. The number of hydrogen-bond donors (Lipinski definition) is 1. The van der Waals surface area contributed by atoms with Gasteiger partial charge in [-0.15, -0.1) is 0 Å². The summed E-state index contributed by atoms with van der Waals surface area (Å²) in [5.41, 5.74) is 3.92. The highest BCUT2D eigenvalue weighted by molar-refractivity contribution is 7.92. The fraction of sp³-hybridized carbons (Fsp3) is 0.188. The third-order valence-electron chi connectivity index (χ3n) is 3.41. The molecule has 0 amide bonds. The van der Waals surface area contributed by atoms with Gasteiger partial charge in [0.2, 0.25) is 10.0 Å². The summed E-state index contributed by atoms with van der Waals surface area (Å²) < 4.78 is 32.6. The summed E-state index contributed by atoms with van der Waals surface area (Å²) in [7, 11) is -1.90. The molecule has 3 aromatic rings. The van der Waals surface area contributed by atoms with E-state index in [9.17, 15) is 8.42 Å². The zero-order valence-electron chi connectivity index (χ0n) is 13.1. The standard InChI is InChI=1S/C16H17N3O3S/c1-11-6-7-19-10-14(17-16(19)8-11)12-4-5-15(22-2)13(9-12)18-23(3,20)21/h4-10,18H,1-3H3. The molecule has 0 aliphatic carbocycles. The molecular weight excluding hydrogens is 314 g/mol. The lowest BCUT2D eigenvalue weighted by Crippen LogP contribution is -2.10. The summed E-state index contributed by atoms with van der Waals surface area (Å²) in [5.74, 6) is 0.457. The lowest BCUT2D eigenvalue weighted by Gasteiger charge is -2.10. The largest absolute Gasteiger partial charge is 0.495 e. The van der Waals surface area contributed by atoms with Gasteiger partial charge in [-0.05, 0) is 42.8 Å². The average molecular weight is 331 g/mol. The van der Waals surface area contributed by atoms with E-state index < -0.39 is 10.0 Å². The van der Waals surface area contributed by atoms with Crippen LogP contribution in [0, 0.1) is 6.92 Å². The molecule has 6 nitrogen and oxygen atoms in total. The van der Waals surface area contributed by atoms with E-state index in [0.717, 1.165) is 28.7 Å². The third kappa shape index (κ3) is 3.29. The van der Waals surface area contributed by atoms with Crippen LogP contribution >= 0.6 is 0 Å². The number of benzene rings is 1. The molecule has 0 fully saturated rings. The Bertz CT molecular complexity index is 977. The summed E-state index contributed by atoms with van der Waals surface area (Å²) >= 11 is 0. The highest BCUT2D eigenvalue weighted by atomic mass is 32.2. The van der Waals surface area contributed by atoms with E-state index in [0.29, 0.717) is 11.4 Å². The second-order valence-electron chi connectivity index (χ2n) is 5.38. The molecule has 2 aromatic heterocycles. The first-order valence-electron chi connectivity index (χ1n) is 6.97. The number of rotatable bonds is 4. The van der Waals surface area contributed by atoms with Gasteiger partial charge in [0.25, 0.3) is 0 Å². The molecule has 3 rings (SSSR count). The van der Waals surface area contributed by atoms with E-state index in [-0.39, 0.29) is 0 Å². The molecule has 23 heavy (non-hydrogen) atoms. The fourth-order valence-electron chi connectivity index (χ4n) is 2.37. The summed E-state index contributed by atoms with van der Waals surface area (Å²) in [4.78, 5) is 4.58. The van der Waals surface area contributed by atoms with E-state index in [2.05, 4.69) is 9.71 Å². The number of hydrogen-bond acceptors (Lipinski definition) is 4. The zero-order chi connectivity index (χ0) is 16.6. The molecule has 0 saturated carbocycles. The van der Waals surface area contributed by atoms with Crippen LogP contribution in [-0.4, -0.2) is 31.2 Å². The number of fused-ring (bicyclic) bond motifs is 1. The predicted octanol–water partition coefficient (Wildman–Crippen LogP) is 2.69. The van der Waals surface area contributed by atoms with Gasteiger partial charge in [-0.3, -0.25) is 4.72 Å². The Kier molecular flexibility index (Phi) is 3.73. The summed E-state index contributed by atoms with van der Waals surface area (Å²) in [5, 5.41) is 0. The van der Waals surface area contributed by atoms with Crippen LogP contribution in [0.15, 0.2) is 42.7 Å². The average Bonchev–Trinajstić information content (AvgIpc) is 2.88. The van der Waals surface area contributed by atoms with E-state index in [1.165, 1.54) is 7.11 Å². The Balaban J connectivity index is 2.09. The molecular formula is C16H17N3O3S. The molecule has 0 saturated heterocycles. The van der Waals surface area contributed by atoms with Crippen molar-refractivity contribution in [3.8, 4) is 17.0 Å². The number of imidazole rings is 1. The normalized spacial score (nSPS) is 11.6. The number of nitrogens with zero attached hydrogens (tertiary/aromatic N) is 2. The molecule has 0 radical (unpaired) electrons.